The molecule has 10 rings (SSSR count). The van der Waals surface area contributed by atoms with E-state index in [1.54, 1.807) is 0 Å². The highest BCUT2D eigenvalue weighted by Gasteiger charge is 2.31. The third kappa shape index (κ3) is 4.02. The van der Waals surface area contributed by atoms with Crippen LogP contribution in [-0.2, 0) is 6.42 Å². The molecule has 2 unspecified atom stereocenters. The van der Waals surface area contributed by atoms with Crippen molar-refractivity contribution in [1.29, 1.82) is 5.26 Å². The fourth-order valence-electron chi connectivity index (χ4n) is 8.24. The Hall–Kier alpha value is -6.09. The Kier molecular flexibility index (Phi) is 5.82. The summed E-state index contributed by atoms with van der Waals surface area (Å²) >= 11 is 0. The van der Waals surface area contributed by atoms with E-state index in [2.05, 4.69) is 137 Å². The monoisotopic (exact) mass is 632 g/mol. The van der Waals surface area contributed by atoms with Gasteiger partial charge in [-0.1, -0.05) is 78.9 Å². The molecule has 2 atom stereocenters. The summed E-state index contributed by atoms with van der Waals surface area (Å²) < 4.78 is 11.3. The van der Waals surface area contributed by atoms with E-state index < -0.39 is 5.41 Å². The van der Waals surface area contributed by atoms with Crippen LogP contribution in [0.25, 0.3) is 77.7 Å². The molecule has 3 aromatic heterocycles. The van der Waals surface area contributed by atoms with Gasteiger partial charge in [0.1, 0.15) is 11.2 Å². The quantitative estimate of drug-likeness (QED) is 0.211. The fourth-order valence-corrected chi connectivity index (χ4v) is 8.24. The molecule has 5 nitrogen and oxygen atoms in total. The van der Waals surface area contributed by atoms with Gasteiger partial charge in [-0.25, -0.2) is 0 Å². The van der Waals surface area contributed by atoms with Crippen LogP contribution in [0.15, 0.2) is 132 Å². The van der Waals surface area contributed by atoms with E-state index >= 15 is 0 Å². The molecule has 5 heteroatoms. The van der Waals surface area contributed by atoms with Crippen LogP contribution in [0.2, 0.25) is 0 Å². The van der Waals surface area contributed by atoms with Crippen molar-refractivity contribution in [2.45, 2.75) is 25.8 Å². The van der Waals surface area contributed by atoms with Gasteiger partial charge in [-0.2, -0.15) is 5.26 Å². The number of benzene rings is 5. The molecule has 234 valence electrons. The molecule has 0 saturated carbocycles. The molecule has 0 radical (unpaired) electrons. The number of rotatable bonds is 3. The van der Waals surface area contributed by atoms with Crippen LogP contribution in [0.1, 0.15) is 30.2 Å². The number of para-hydroxylation sites is 3. The number of nitrogens with two attached hydrogens (primary N) is 1. The molecular formula is C44H32N4O. The number of allylic oxidation sites excluding steroid dienone is 4. The summed E-state index contributed by atoms with van der Waals surface area (Å²) in [5.41, 5.74) is 17.8. The van der Waals surface area contributed by atoms with Gasteiger partial charge in [0.15, 0.2) is 0 Å². The number of fused-ring (bicyclic) bond motifs is 10. The van der Waals surface area contributed by atoms with Crippen LogP contribution >= 0.6 is 0 Å². The van der Waals surface area contributed by atoms with Gasteiger partial charge in [-0.05, 0) is 91.1 Å². The smallest absolute Gasteiger partial charge is 0.145 e. The first-order valence-corrected chi connectivity index (χ1v) is 16.9. The lowest BCUT2D eigenvalue weighted by Gasteiger charge is -2.28. The van der Waals surface area contributed by atoms with Crippen molar-refractivity contribution in [3.05, 3.63) is 144 Å². The summed E-state index contributed by atoms with van der Waals surface area (Å²) in [6.45, 7) is 2.03. The normalized spacial score (nSPS) is 19.1. The highest BCUT2D eigenvalue weighted by atomic mass is 16.3. The molecule has 2 aliphatic rings. The highest BCUT2D eigenvalue weighted by Crippen LogP contribution is 2.46. The second-order valence-electron chi connectivity index (χ2n) is 13.7. The van der Waals surface area contributed by atoms with Crippen molar-refractivity contribution in [2.24, 2.45) is 11.1 Å². The van der Waals surface area contributed by atoms with Crippen LogP contribution in [0.4, 0.5) is 0 Å². The van der Waals surface area contributed by atoms with Crippen LogP contribution in [0.5, 0.6) is 0 Å². The second-order valence-corrected chi connectivity index (χ2v) is 13.7. The molecule has 2 N–H and O–H groups in total. The van der Waals surface area contributed by atoms with Crippen molar-refractivity contribution >= 4 is 72.0 Å². The molecule has 5 aromatic carbocycles. The Balaban J connectivity index is 1.30. The van der Waals surface area contributed by atoms with Crippen molar-refractivity contribution in [3.63, 3.8) is 0 Å². The Labute approximate surface area is 283 Å². The van der Waals surface area contributed by atoms with Gasteiger partial charge in [0.25, 0.3) is 0 Å². The zero-order valence-corrected chi connectivity index (χ0v) is 27.0. The van der Waals surface area contributed by atoms with Crippen LogP contribution in [0.3, 0.4) is 0 Å². The first kappa shape index (κ1) is 28.0. The molecule has 0 amide bonds. The third-order valence-corrected chi connectivity index (χ3v) is 10.6. The number of nitrogens with zero attached hydrogens (tertiary/aromatic N) is 3. The second kappa shape index (κ2) is 10.2. The fraction of sp³-hybridized carbons (Fsp3) is 0.114. The van der Waals surface area contributed by atoms with Crippen LogP contribution in [0, 0.1) is 16.7 Å². The van der Waals surface area contributed by atoms with Gasteiger partial charge in [-0.3, -0.25) is 0 Å². The maximum atomic E-state index is 10.4. The Morgan fingerprint density at radius 2 is 1.55 bits per heavy atom. The predicted molar refractivity (Wildman–Crippen MR) is 201 cm³/mol. The molecule has 2 aliphatic carbocycles. The molecule has 0 bridgehead atoms. The minimum absolute atomic E-state index is 0.00971. The van der Waals surface area contributed by atoms with Gasteiger partial charge in [-0.15, -0.1) is 0 Å². The van der Waals surface area contributed by atoms with Gasteiger partial charge in [0.05, 0.1) is 33.4 Å². The Morgan fingerprint density at radius 3 is 2.41 bits per heavy atom. The lowest BCUT2D eigenvalue weighted by Crippen LogP contribution is -2.23. The summed E-state index contributed by atoms with van der Waals surface area (Å²) in [4.78, 5) is 0. The van der Waals surface area contributed by atoms with Crippen molar-refractivity contribution in [1.82, 2.24) is 9.13 Å². The van der Waals surface area contributed by atoms with Gasteiger partial charge in [0, 0.05) is 44.7 Å². The minimum atomic E-state index is -0.637. The minimum Gasteiger partial charge on any atom is -0.455 e. The molecule has 3 heterocycles. The zero-order valence-electron chi connectivity index (χ0n) is 27.0. The molecule has 0 spiro atoms. The van der Waals surface area contributed by atoms with E-state index in [1.807, 2.05) is 19.1 Å². The molecular weight excluding hydrogens is 601 g/mol. The average Bonchev–Trinajstić information content (AvgIpc) is 3.79. The van der Waals surface area contributed by atoms with E-state index in [-0.39, 0.29) is 6.04 Å². The zero-order chi connectivity index (χ0) is 32.9. The summed E-state index contributed by atoms with van der Waals surface area (Å²) in [6.07, 6.45) is 9.89. The standard InChI is InChI=1S/C44H32N4O/c1-44(26-45)22-21-38(48-36-13-7-5-11-30(36)34-24-28(46)16-19-37(34)48)35(25-44)27-15-17-33-40(23-27)47(29-9-3-2-4-10-29)39-20-18-32-31-12-6-8-14-41(31)49-43(32)42(33)39/h2-23,28H,24-25,46H2,1H3. The maximum absolute atomic E-state index is 10.4. The third-order valence-electron chi connectivity index (χ3n) is 10.6. The van der Waals surface area contributed by atoms with E-state index in [9.17, 15) is 5.26 Å². The number of furan rings is 1. The van der Waals surface area contributed by atoms with Crippen molar-refractivity contribution < 1.29 is 4.42 Å². The molecule has 0 saturated heterocycles. The first-order chi connectivity index (χ1) is 24.0. The Bertz CT molecular complexity index is 2820. The molecule has 0 aliphatic heterocycles. The maximum Gasteiger partial charge on any atom is 0.145 e. The van der Waals surface area contributed by atoms with Gasteiger partial charge < -0.3 is 19.3 Å². The number of aromatic nitrogens is 2. The summed E-state index contributed by atoms with van der Waals surface area (Å²) in [5.74, 6) is 0. The van der Waals surface area contributed by atoms with Crippen LogP contribution in [-0.4, -0.2) is 15.2 Å². The van der Waals surface area contributed by atoms with E-state index in [0.717, 1.165) is 83.9 Å². The van der Waals surface area contributed by atoms with Crippen LogP contribution < -0.4 is 5.73 Å². The number of nitriles is 1. The largest absolute Gasteiger partial charge is 0.455 e. The lowest BCUT2D eigenvalue weighted by atomic mass is 9.78. The average molecular weight is 633 g/mol. The number of hydrogen-bond acceptors (Lipinski definition) is 3. The van der Waals surface area contributed by atoms with Gasteiger partial charge >= 0.3 is 0 Å². The van der Waals surface area contributed by atoms with E-state index in [0.29, 0.717) is 6.42 Å². The van der Waals surface area contributed by atoms with Crippen molar-refractivity contribution in [2.75, 3.05) is 0 Å². The van der Waals surface area contributed by atoms with E-state index in [4.69, 9.17) is 10.2 Å². The van der Waals surface area contributed by atoms with Crippen molar-refractivity contribution in [3.8, 4) is 11.8 Å². The molecule has 0 fully saturated rings. The van der Waals surface area contributed by atoms with Gasteiger partial charge in [0.2, 0.25) is 0 Å². The summed E-state index contributed by atoms with van der Waals surface area (Å²) in [5, 5.41) is 16.1. The summed E-state index contributed by atoms with van der Waals surface area (Å²) in [6, 6.07) is 41.2. The molecule has 8 aromatic rings. The predicted octanol–water partition coefficient (Wildman–Crippen LogP) is 10.4. The Morgan fingerprint density at radius 1 is 0.776 bits per heavy atom. The summed E-state index contributed by atoms with van der Waals surface area (Å²) in [7, 11) is 0. The molecule has 49 heavy (non-hydrogen) atoms. The SMILES string of the molecule is CC1(C#N)C=CC(n2c3c(c4ccccc42)CC(N)C=C3)=C(c2ccc3c4c5oc6ccccc6c5ccc4n(-c4ccccc4)c3c2)C1. The highest BCUT2D eigenvalue weighted by molar-refractivity contribution is 6.24. The van der Waals surface area contributed by atoms with E-state index in [1.165, 1.54) is 10.9 Å². The number of hydrogen-bond donors (Lipinski definition) is 1. The topological polar surface area (TPSA) is 72.8 Å². The lowest BCUT2D eigenvalue weighted by molar-refractivity contribution is 0.582. The first-order valence-electron chi connectivity index (χ1n) is 16.9.